The maximum Gasteiger partial charge on any atom is 0.405 e. The van der Waals surface area contributed by atoms with Crippen molar-refractivity contribution < 1.29 is 27.2 Å². The van der Waals surface area contributed by atoms with Crippen LogP contribution in [0.15, 0.2) is 27.5 Å². The molecular weight excluding hydrogens is 420 g/mol. The molecule has 0 fully saturated rings. The Morgan fingerprint density at radius 2 is 2.10 bits per heavy atom. The van der Waals surface area contributed by atoms with Crippen molar-refractivity contribution in [1.29, 1.82) is 0 Å². The van der Waals surface area contributed by atoms with E-state index in [-0.39, 0.29) is 23.5 Å². The van der Waals surface area contributed by atoms with Crippen LogP contribution in [0.2, 0.25) is 0 Å². The molecule has 0 radical (unpaired) electrons. The molecule has 10 nitrogen and oxygen atoms in total. The number of benzene rings is 1. The summed E-state index contributed by atoms with van der Waals surface area (Å²) in [6, 6.07) is 5.10. The molecule has 12 heteroatoms. The second-order valence-electron chi connectivity index (χ2n) is 6.88. The van der Waals surface area contributed by atoms with E-state index in [1.807, 2.05) is 0 Å². The SMILES string of the molecule is CC(C)C(c1nnc(-c2ccc3c(c2)NC(=O)[C@@H](OC(N)=O)CS3)o1)S(C)(=O)=O. The maximum atomic E-state index is 12.3. The molecule has 1 aliphatic rings. The van der Waals surface area contributed by atoms with Crippen molar-refractivity contribution in [3.05, 3.63) is 24.1 Å². The number of sulfone groups is 1. The number of rotatable bonds is 5. The Balaban J connectivity index is 1.89. The lowest BCUT2D eigenvalue weighted by Gasteiger charge is -2.14. The van der Waals surface area contributed by atoms with Gasteiger partial charge in [0.2, 0.25) is 11.8 Å². The minimum absolute atomic E-state index is 0.0146. The number of carbonyl (C=O) groups is 2. The van der Waals surface area contributed by atoms with Crippen molar-refractivity contribution in [3.8, 4) is 11.5 Å². The van der Waals surface area contributed by atoms with Gasteiger partial charge in [-0.05, 0) is 24.1 Å². The second kappa shape index (κ2) is 8.03. The third-order valence-corrected chi connectivity index (χ3v) is 6.98. The third-order valence-electron chi connectivity index (χ3n) is 4.18. The number of hydrogen-bond donors (Lipinski definition) is 2. The summed E-state index contributed by atoms with van der Waals surface area (Å²) in [5.74, 6) is -0.388. The van der Waals surface area contributed by atoms with Crippen molar-refractivity contribution >= 4 is 39.3 Å². The van der Waals surface area contributed by atoms with Crippen LogP contribution in [0.3, 0.4) is 0 Å². The Kier molecular flexibility index (Phi) is 5.85. The van der Waals surface area contributed by atoms with Gasteiger partial charge in [-0.15, -0.1) is 22.0 Å². The molecule has 3 N–H and O–H groups in total. The van der Waals surface area contributed by atoms with E-state index in [9.17, 15) is 18.0 Å². The summed E-state index contributed by atoms with van der Waals surface area (Å²) < 4.78 is 34.6. The molecule has 2 aromatic rings. The summed E-state index contributed by atoms with van der Waals surface area (Å²) in [7, 11) is -3.44. The first-order chi connectivity index (χ1) is 13.6. The first-order valence-corrected chi connectivity index (χ1v) is 11.6. The minimum atomic E-state index is -3.44. The van der Waals surface area contributed by atoms with E-state index in [1.165, 1.54) is 11.8 Å². The van der Waals surface area contributed by atoms with Crippen LogP contribution < -0.4 is 11.1 Å². The number of carbonyl (C=O) groups excluding carboxylic acids is 2. The predicted molar refractivity (Wildman–Crippen MR) is 106 cm³/mol. The summed E-state index contributed by atoms with van der Waals surface area (Å²) in [5, 5.41) is 9.64. The molecule has 1 unspecified atom stereocenters. The van der Waals surface area contributed by atoms with Gasteiger partial charge in [-0.1, -0.05) is 13.8 Å². The average Bonchev–Trinajstić information content (AvgIpc) is 3.00. The number of anilines is 1. The number of fused-ring (bicyclic) bond motifs is 1. The van der Waals surface area contributed by atoms with Gasteiger partial charge in [0.05, 0.1) is 5.69 Å². The summed E-state index contributed by atoms with van der Waals surface area (Å²) in [5.41, 5.74) is 5.99. The monoisotopic (exact) mass is 440 g/mol. The number of amides is 2. The van der Waals surface area contributed by atoms with Gasteiger partial charge in [-0.3, -0.25) is 4.79 Å². The van der Waals surface area contributed by atoms with Crippen molar-refractivity contribution in [2.24, 2.45) is 11.7 Å². The molecule has 2 amide bonds. The quantitative estimate of drug-likeness (QED) is 0.710. The normalized spacial score (nSPS) is 17.9. The Hall–Kier alpha value is -2.60. The molecule has 2 atom stereocenters. The third kappa shape index (κ3) is 4.70. The van der Waals surface area contributed by atoms with Crippen molar-refractivity contribution in [2.75, 3.05) is 17.3 Å². The second-order valence-corrected chi connectivity index (χ2v) is 10.1. The largest absolute Gasteiger partial charge is 0.435 e. The van der Waals surface area contributed by atoms with Gasteiger partial charge in [0, 0.05) is 22.5 Å². The first-order valence-electron chi connectivity index (χ1n) is 8.62. The fraction of sp³-hybridized carbons (Fsp3) is 0.412. The van der Waals surface area contributed by atoms with E-state index < -0.39 is 33.2 Å². The van der Waals surface area contributed by atoms with E-state index >= 15 is 0 Å². The van der Waals surface area contributed by atoms with Crippen molar-refractivity contribution in [2.45, 2.75) is 30.1 Å². The highest BCUT2D eigenvalue weighted by Crippen LogP contribution is 2.36. The molecule has 2 heterocycles. The molecule has 0 bridgehead atoms. The van der Waals surface area contributed by atoms with Gasteiger partial charge in [-0.25, -0.2) is 13.2 Å². The van der Waals surface area contributed by atoms with E-state index in [1.54, 1.807) is 32.0 Å². The zero-order valence-electron chi connectivity index (χ0n) is 15.9. The molecule has 0 saturated carbocycles. The molecular formula is C17H20N4O6S2. The number of nitrogens with two attached hydrogens (primary N) is 1. The van der Waals surface area contributed by atoms with E-state index in [0.29, 0.717) is 11.3 Å². The van der Waals surface area contributed by atoms with Gasteiger partial charge in [-0.2, -0.15) is 0 Å². The molecule has 1 aliphatic heterocycles. The molecule has 0 aliphatic carbocycles. The number of nitrogens with one attached hydrogen (secondary N) is 1. The Bertz CT molecular complexity index is 1050. The summed E-state index contributed by atoms with van der Waals surface area (Å²) >= 11 is 1.32. The highest BCUT2D eigenvalue weighted by molar-refractivity contribution is 7.99. The van der Waals surface area contributed by atoms with Crippen LogP contribution >= 0.6 is 11.8 Å². The summed E-state index contributed by atoms with van der Waals surface area (Å²) in [6.07, 6.45) is -0.910. The molecule has 3 rings (SSSR count). The van der Waals surface area contributed by atoms with Gasteiger partial charge in [0.1, 0.15) is 5.25 Å². The zero-order valence-corrected chi connectivity index (χ0v) is 17.5. The number of ether oxygens (including phenoxy) is 1. The fourth-order valence-electron chi connectivity index (χ4n) is 3.00. The lowest BCUT2D eigenvalue weighted by Crippen LogP contribution is -2.35. The molecule has 0 spiro atoms. The molecule has 1 aromatic carbocycles. The van der Waals surface area contributed by atoms with Gasteiger partial charge >= 0.3 is 6.09 Å². The lowest BCUT2D eigenvalue weighted by molar-refractivity contribution is -0.123. The smallest absolute Gasteiger partial charge is 0.405 e. The summed E-state index contributed by atoms with van der Waals surface area (Å²) in [4.78, 5) is 24.0. The Labute approximate surface area is 171 Å². The highest BCUT2D eigenvalue weighted by Gasteiger charge is 2.32. The van der Waals surface area contributed by atoms with Crippen LogP contribution in [0.5, 0.6) is 0 Å². The lowest BCUT2D eigenvalue weighted by atomic mass is 10.1. The van der Waals surface area contributed by atoms with Crippen LogP contribution in [0.4, 0.5) is 10.5 Å². The van der Waals surface area contributed by atoms with Crippen LogP contribution in [-0.4, -0.2) is 48.7 Å². The molecule has 1 aromatic heterocycles. The number of primary amides is 1. The van der Waals surface area contributed by atoms with Gasteiger partial charge in [0.25, 0.3) is 5.91 Å². The number of nitrogens with zero attached hydrogens (tertiary/aromatic N) is 2. The number of aromatic nitrogens is 2. The summed E-state index contributed by atoms with van der Waals surface area (Å²) in [6.45, 7) is 3.52. The zero-order chi connectivity index (χ0) is 21.3. The minimum Gasteiger partial charge on any atom is -0.435 e. The molecule has 0 saturated heterocycles. The van der Waals surface area contributed by atoms with Crippen LogP contribution in [0.25, 0.3) is 11.5 Å². The Morgan fingerprint density at radius 3 is 2.72 bits per heavy atom. The van der Waals surface area contributed by atoms with Gasteiger partial charge < -0.3 is 20.2 Å². The van der Waals surface area contributed by atoms with Crippen molar-refractivity contribution in [1.82, 2.24) is 10.2 Å². The standard InChI is InChI=1S/C17H20N4O6S2/c1-8(2)13(29(3,24)25)16-21-20-15(27-16)9-4-5-12-10(6-9)19-14(22)11(7-28-12)26-17(18)23/h4-6,8,11,13H,7H2,1-3H3,(H2,18,23)(H,19,22)/t11-,13?/m0/s1. The van der Waals surface area contributed by atoms with E-state index in [2.05, 4.69) is 15.5 Å². The molecule has 156 valence electrons. The topological polar surface area (TPSA) is 154 Å². The average molecular weight is 441 g/mol. The molecule has 29 heavy (non-hydrogen) atoms. The highest BCUT2D eigenvalue weighted by atomic mass is 32.2. The Morgan fingerprint density at radius 1 is 1.38 bits per heavy atom. The van der Waals surface area contributed by atoms with Crippen molar-refractivity contribution in [3.63, 3.8) is 0 Å². The van der Waals surface area contributed by atoms with E-state index in [0.717, 1.165) is 11.2 Å². The van der Waals surface area contributed by atoms with E-state index in [4.69, 9.17) is 14.9 Å². The predicted octanol–water partition coefficient (Wildman–Crippen LogP) is 1.99. The van der Waals surface area contributed by atoms with Crippen LogP contribution in [-0.2, 0) is 19.4 Å². The van der Waals surface area contributed by atoms with Gasteiger partial charge in [0.15, 0.2) is 15.9 Å². The first kappa shape index (κ1) is 21.1. The fourth-order valence-corrected chi connectivity index (χ4v) is 5.43. The van der Waals surface area contributed by atoms with Crippen LogP contribution in [0, 0.1) is 5.92 Å². The number of hydrogen-bond acceptors (Lipinski definition) is 9. The maximum absolute atomic E-state index is 12.3. The number of thioether (sulfide) groups is 1. The van der Waals surface area contributed by atoms with Crippen LogP contribution in [0.1, 0.15) is 25.0 Å².